The van der Waals surface area contributed by atoms with Gasteiger partial charge in [0, 0.05) is 18.0 Å². The Bertz CT molecular complexity index is 975. The maximum Gasteiger partial charge on any atom is 0.233 e. The summed E-state index contributed by atoms with van der Waals surface area (Å²) in [4.78, 5) is 21.2. The zero-order valence-electron chi connectivity index (χ0n) is 15.4. The zero-order valence-corrected chi connectivity index (χ0v) is 17.1. The Morgan fingerprint density at radius 2 is 2.26 bits per heavy atom. The first-order chi connectivity index (χ1) is 13.2. The highest BCUT2D eigenvalue weighted by Crippen LogP contribution is 2.36. The minimum atomic E-state index is 0.195. The van der Waals surface area contributed by atoms with Crippen molar-refractivity contribution in [3.63, 3.8) is 0 Å². The molecule has 0 radical (unpaired) electrons. The van der Waals surface area contributed by atoms with E-state index >= 15 is 0 Å². The number of carbonyl (C=O) groups is 1. The quantitative estimate of drug-likeness (QED) is 0.438. The van der Waals surface area contributed by atoms with Crippen molar-refractivity contribution in [3.05, 3.63) is 58.8 Å². The van der Waals surface area contributed by atoms with Crippen molar-refractivity contribution >= 4 is 40.0 Å². The Kier molecular flexibility index (Phi) is 5.36. The Labute approximate surface area is 167 Å². The number of thioether (sulfide) groups is 1. The van der Waals surface area contributed by atoms with E-state index in [1.165, 1.54) is 22.2 Å². The lowest BCUT2D eigenvalue weighted by Crippen LogP contribution is -2.40. The van der Waals surface area contributed by atoms with Crippen LogP contribution in [0.3, 0.4) is 0 Å². The first kappa shape index (κ1) is 18.3. The fourth-order valence-electron chi connectivity index (χ4n) is 3.81. The fraction of sp³-hybridized carbons (Fsp3) is 0.333. The van der Waals surface area contributed by atoms with Gasteiger partial charge in [-0.05, 0) is 42.0 Å². The molecule has 3 aromatic rings. The highest BCUT2D eigenvalue weighted by molar-refractivity contribution is 7.99. The minimum absolute atomic E-state index is 0.195. The van der Waals surface area contributed by atoms with Crippen LogP contribution in [0.2, 0.25) is 0 Å². The third-order valence-electron chi connectivity index (χ3n) is 5.06. The maximum atomic E-state index is 13.0. The SMILES string of the molecule is C=CCn1c(SCC(=O)N2CCc3sccc3C2CC)nc2ccccc21. The van der Waals surface area contributed by atoms with Crippen LogP contribution in [0.25, 0.3) is 11.0 Å². The minimum Gasteiger partial charge on any atom is -0.335 e. The molecule has 6 heteroatoms. The van der Waals surface area contributed by atoms with Gasteiger partial charge in [-0.25, -0.2) is 4.98 Å². The number of para-hydroxylation sites is 2. The monoisotopic (exact) mass is 397 g/mol. The van der Waals surface area contributed by atoms with Gasteiger partial charge < -0.3 is 9.47 Å². The summed E-state index contributed by atoms with van der Waals surface area (Å²) in [6.45, 7) is 7.52. The van der Waals surface area contributed by atoms with Crippen molar-refractivity contribution in [1.29, 1.82) is 0 Å². The number of thiophene rings is 1. The van der Waals surface area contributed by atoms with Gasteiger partial charge in [-0.3, -0.25) is 4.79 Å². The molecule has 1 aromatic carbocycles. The standard InChI is InChI=1S/C21H23N3OS2/c1-3-11-24-18-8-6-5-7-16(18)22-21(24)27-14-20(25)23-12-9-19-15(10-13-26-19)17(23)4-2/h3,5-8,10,13,17H,1,4,9,11-12,14H2,2H3. The molecule has 140 valence electrons. The first-order valence-corrected chi connectivity index (χ1v) is 11.1. The molecule has 4 rings (SSSR count). The van der Waals surface area contributed by atoms with Crippen LogP contribution in [0.1, 0.15) is 29.8 Å². The molecular weight excluding hydrogens is 374 g/mol. The molecule has 1 aliphatic heterocycles. The van der Waals surface area contributed by atoms with Gasteiger partial charge in [0.1, 0.15) is 0 Å². The zero-order chi connectivity index (χ0) is 18.8. The number of amides is 1. The highest BCUT2D eigenvalue weighted by Gasteiger charge is 2.30. The Balaban J connectivity index is 1.52. The van der Waals surface area contributed by atoms with E-state index in [9.17, 15) is 4.79 Å². The van der Waals surface area contributed by atoms with Crippen molar-refractivity contribution in [2.45, 2.75) is 37.5 Å². The van der Waals surface area contributed by atoms with Crippen LogP contribution in [0.4, 0.5) is 0 Å². The van der Waals surface area contributed by atoms with Crippen molar-refractivity contribution in [1.82, 2.24) is 14.5 Å². The van der Waals surface area contributed by atoms with E-state index in [0.29, 0.717) is 12.3 Å². The number of benzene rings is 1. The summed E-state index contributed by atoms with van der Waals surface area (Å²) >= 11 is 3.34. The third-order valence-corrected chi connectivity index (χ3v) is 7.02. The normalized spacial score (nSPS) is 16.5. The third kappa shape index (κ3) is 3.44. The van der Waals surface area contributed by atoms with E-state index in [-0.39, 0.29) is 11.9 Å². The van der Waals surface area contributed by atoms with Gasteiger partial charge in [0.2, 0.25) is 5.91 Å². The molecule has 0 aliphatic carbocycles. The summed E-state index contributed by atoms with van der Waals surface area (Å²) in [5, 5.41) is 3.03. The van der Waals surface area contributed by atoms with Crippen LogP contribution in [0.15, 0.2) is 53.5 Å². The summed E-state index contributed by atoms with van der Waals surface area (Å²) in [6, 6.07) is 10.5. The van der Waals surface area contributed by atoms with E-state index in [4.69, 9.17) is 4.98 Å². The van der Waals surface area contributed by atoms with Gasteiger partial charge in [0.15, 0.2) is 5.16 Å². The van der Waals surface area contributed by atoms with E-state index < -0.39 is 0 Å². The second-order valence-electron chi connectivity index (χ2n) is 6.63. The number of fused-ring (bicyclic) bond motifs is 2. The molecule has 3 heterocycles. The average Bonchev–Trinajstić information content (AvgIpc) is 3.30. The summed E-state index contributed by atoms with van der Waals surface area (Å²) in [7, 11) is 0. The van der Waals surface area contributed by atoms with Gasteiger partial charge in [-0.2, -0.15) is 0 Å². The summed E-state index contributed by atoms with van der Waals surface area (Å²) in [5.74, 6) is 0.608. The van der Waals surface area contributed by atoms with Crippen LogP contribution in [-0.4, -0.2) is 32.7 Å². The molecule has 1 unspecified atom stereocenters. The molecule has 0 bridgehead atoms. The number of rotatable bonds is 6. The van der Waals surface area contributed by atoms with Crippen molar-refractivity contribution in [2.24, 2.45) is 0 Å². The second kappa shape index (κ2) is 7.90. The molecule has 0 fully saturated rings. The lowest BCUT2D eigenvalue weighted by atomic mass is 9.98. The number of nitrogens with zero attached hydrogens (tertiary/aromatic N) is 3. The van der Waals surface area contributed by atoms with Gasteiger partial charge in [-0.15, -0.1) is 17.9 Å². The number of carbonyl (C=O) groups excluding carboxylic acids is 1. The Morgan fingerprint density at radius 3 is 3.07 bits per heavy atom. The molecule has 0 saturated carbocycles. The highest BCUT2D eigenvalue weighted by atomic mass is 32.2. The lowest BCUT2D eigenvalue weighted by Gasteiger charge is -2.35. The molecule has 1 amide bonds. The number of aromatic nitrogens is 2. The molecule has 1 atom stereocenters. The number of hydrogen-bond acceptors (Lipinski definition) is 4. The van der Waals surface area contributed by atoms with Crippen molar-refractivity contribution in [3.8, 4) is 0 Å². The summed E-state index contributed by atoms with van der Waals surface area (Å²) < 4.78 is 2.13. The fourth-order valence-corrected chi connectivity index (χ4v) is 5.65. The number of hydrogen-bond donors (Lipinski definition) is 0. The smallest absolute Gasteiger partial charge is 0.233 e. The first-order valence-electron chi connectivity index (χ1n) is 9.27. The van der Waals surface area contributed by atoms with Crippen molar-refractivity contribution < 1.29 is 4.79 Å². The Hall–Kier alpha value is -2.05. The van der Waals surface area contributed by atoms with Crippen LogP contribution < -0.4 is 0 Å². The van der Waals surface area contributed by atoms with E-state index in [2.05, 4.69) is 40.5 Å². The maximum absolute atomic E-state index is 13.0. The van der Waals surface area contributed by atoms with Crippen LogP contribution >= 0.6 is 23.1 Å². The molecular formula is C21H23N3OS2. The topological polar surface area (TPSA) is 38.1 Å². The number of allylic oxidation sites excluding steroid dienone is 1. The van der Waals surface area contributed by atoms with Gasteiger partial charge in [0.25, 0.3) is 0 Å². The molecule has 4 nitrogen and oxygen atoms in total. The predicted octanol–water partition coefficient (Wildman–Crippen LogP) is 4.91. The predicted molar refractivity (Wildman–Crippen MR) is 113 cm³/mol. The van der Waals surface area contributed by atoms with Crippen molar-refractivity contribution in [2.75, 3.05) is 12.3 Å². The van der Waals surface area contributed by atoms with Gasteiger partial charge in [-0.1, -0.05) is 36.9 Å². The van der Waals surface area contributed by atoms with Crippen LogP contribution in [-0.2, 0) is 17.8 Å². The molecule has 0 spiro atoms. The summed E-state index contributed by atoms with van der Waals surface area (Å²) in [5.41, 5.74) is 3.38. The number of imidazole rings is 1. The van der Waals surface area contributed by atoms with E-state index in [1.807, 2.05) is 35.6 Å². The molecule has 0 N–H and O–H groups in total. The average molecular weight is 398 g/mol. The summed E-state index contributed by atoms with van der Waals surface area (Å²) in [6.07, 6.45) is 3.79. The molecule has 1 aliphatic rings. The molecule has 27 heavy (non-hydrogen) atoms. The largest absolute Gasteiger partial charge is 0.335 e. The van der Waals surface area contributed by atoms with E-state index in [1.54, 1.807) is 0 Å². The molecule has 2 aromatic heterocycles. The Morgan fingerprint density at radius 1 is 1.41 bits per heavy atom. The van der Waals surface area contributed by atoms with Crippen LogP contribution in [0, 0.1) is 0 Å². The van der Waals surface area contributed by atoms with Gasteiger partial charge >= 0.3 is 0 Å². The molecule has 0 saturated heterocycles. The van der Waals surface area contributed by atoms with E-state index in [0.717, 1.165) is 35.6 Å². The lowest BCUT2D eigenvalue weighted by molar-refractivity contribution is -0.131. The van der Waals surface area contributed by atoms with Crippen LogP contribution in [0.5, 0.6) is 0 Å². The van der Waals surface area contributed by atoms with Gasteiger partial charge in [0.05, 0.1) is 22.8 Å². The second-order valence-corrected chi connectivity index (χ2v) is 8.57.